The molecule has 1 aromatic heterocycles. The van der Waals surface area contributed by atoms with Crippen molar-refractivity contribution in [2.75, 3.05) is 29.5 Å². The highest BCUT2D eigenvalue weighted by Crippen LogP contribution is 2.40. The highest BCUT2D eigenvalue weighted by Gasteiger charge is 2.39. The Morgan fingerprint density at radius 2 is 1.82 bits per heavy atom. The van der Waals surface area contributed by atoms with Gasteiger partial charge in [0.1, 0.15) is 6.54 Å². The van der Waals surface area contributed by atoms with Crippen molar-refractivity contribution in [3.05, 3.63) is 53.9 Å². The van der Waals surface area contributed by atoms with Gasteiger partial charge in [0, 0.05) is 36.6 Å². The molecule has 38 heavy (non-hydrogen) atoms. The molecule has 5 rings (SSSR count). The summed E-state index contributed by atoms with van der Waals surface area (Å²) in [7, 11) is 0. The molecule has 2 aliphatic carbocycles. The van der Waals surface area contributed by atoms with Gasteiger partial charge in [-0.1, -0.05) is 12.8 Å². The normalized spacial score (nSPS) is 22.4. The number of carbonyl (C=O) groups is 3. The van der Waals surface area contributed by atoms with Crippen molar-refractivity contribution in [2.45, 2.75) is 70.0 Å². The molecule has 0 spiro atoms. The zero-order chi connectivity index (χ0) is 26.6. The van der Waals surface area contributed by atoms with Crippen molar-refractivity contribution in [3.63, 3.8) is 0 Å². The van der Waals surface area contributed by atoms with Gasteiger partial charge in [-0.15, -0.1) is 0 Å². The molecular weight excluding hydrogens is 482 g/mol. The summed E-state index contributed by atoms with van der Waals surface area (Å²) in [6, 6.07) is 8.98. The summed E-state index contributed by atoms with van der Waals surface area (Å²) < 4.78 is 0. The second-order valence-electron chi connectivity index (χ2n) is 10.7. The van der Waals surface area contributed by atoms with E-state index in [9.17, 15) is 19.5 Å². The number of nitrogens with one attached hydrogen (secondary N) is 2. The lowest BCUT2D eigenvalue weighted by Gasteiger charge is -2.43. The molecule has 1 aromatic carbocycles. The summed E-state index contributed by atoms with van der Waals surface area (Å²) in [6.07, 6.45) is 10.4. The summed E-state index contributed by atoms with van der Waals surface area (Å²) in [5.74, 6) is -0.413. The van der Waals surface area contributed by atoms with Crippen molar-refractivity contribution < 1.29 is 19.5 Å². The zero-order valence-corrected chi connectivity index (χ0v) is 21.9. The number of anilines is 2. The van der Waals surface area contributed by atoms with Gasteiger partial charge in [-0.3, -0.25) is 24.3 Å². The molecule has 2 saturated carbocycles. The molecule has 1 aliphatic heterocycles. The highest BCUT2D eigenvalue weighted by molar-refractivity contribution is 6.13. The molecule has 9 nitrogen and oxygen atoms in total. The van der Waals surface area contributed by atoms with Crippen LogP contribution in [0.25, 0.3) is 0 Å². The van der Waals surface area contributed by atoms with Gasteiger partial charge in [0.05, 0.1) is 24.0 Å². The van der Waals surface area contributed by atoms with Gasteiger partial charge < -0.3 is 20.6 Å². The maximum absolute atomic E-state index is 13.5. The summed E-state index contributed by atoms with van der Waals surface area (Å²) in [5.41, 5.74) is 2.66. The van der Waals surface area contributed by atoms with Crippen molar-refractivity contribution in [1.82, 2.24) is 15.6 Å². The molecule has 3 atom stereocenters. The largest absolute Gasteiger partial charge is 0.396 e. The third-order valence-electron chi connectivity index (χ3n) is 8.30. The first-order chi connectivity index (χ1) is 18.5. The number of nitrogens with zero attached hydrogens (tertiary/aromatic N) is 3. The Labute approximate surface area is 223 Å². The van der Waals surface area contributed by atoms with E-state index in [-0.39, 0.29) is 61.5 Å². The van der Waals surface area contributed by atoms with Crippen molar-refractivity contribution in [1.29, 1.82) is 0 Å². The summed E-state index contributed by atoms with van der Waals surface area (Å²) >= 11 is 0. The van der Waals surface area contributed by atoms with Crippen LogP contribution in [0.3, 0.4) is 0 Å². The fourth-order valence-electron chi connectivity index (χ4n) is 5.81. The summed E-state index contributed by atoms with van der Waals surface area (Å²) in [6.45, 7) is 2.04. The molecule has 2 aromatic rings. The van der Waals surface area contributed by atoms with Crippen LogP contribution in [0.5, 0.6) is 0 Å². The second-order valence-corrected chi connectivity index (χ2v) is 10.7. The Morgan fingerprint density at radius 1 is 1.05 bits per heavy atom. The number of carbonyl (C=O) groups excluding carboxylic acids is 3. The number of fused-ring (bicyclic) bond motifs is 1. The van der Waals surface area contributed by atoms with E-state index < -0.39 is 0 Å². The van der Waals surface area contributed by atoms with E-state index >= 15 is 0 Å². The van der Waals surface area contributed by atoms with E-state index in [0.29, 0.717) is 16.9 Å². The van der Waals surface area contributed by atoms with E-state index in [0.717, 1.165) is 50.5 Å². The minimum Gasteiger partial charge on any atom is -0.396 e. The highest BCUT2D eigenvalue weighted by atomic mass is 16.3. The molecule has 3 amide bonds. The van der Waals surface area contributed by atoms with Crippen LogP contribution in [0.1, 0.15) is 73.8 Å². The number of aliphatic hydroxyl groups excluding tert-OH is 1. The number of hydrogen-bond acceptors (Lipinski definition) is 6. The lowest BCUT2D eigenvalue weighted by Crippen LogP contribution is -2.55. The van der Waals surface area contributed by atoms with Gasteiger partial charge in [0.15, 0.2) is 0 Å². The number of amides is 3. The minimum absolute atomic E-state index is 0.0450. The number of hydrogen-bond donors (Lipinski definition) is 3. The smallest absolute Gasteiger partial charge is 0.251 e. The number of aromatic nitrogens is 1. The minimum atomic E-state index is -0.247. The van der Waals surface area contributed by atoms with E-state index in [1.54, 1.807) is 30.6 Å². The van der Waals surface area contributed by atoms with E-state index in [2.05, 4.69) is 15.6 Å². The first-order valence-electron chi connectivity index (χ1n) is 13.8. The first kappa shape index (κ1) is 26.3. The Balaban J connectivity index is 1.37. The molecule has 0 bridgehead atoms. The lowest BCUT2D eigenvalue weighted by molar-refractivity contribution is -0.123. The van der Waals surface area contributed by atoms with Crippen LogP contribution in [0, 0.1) is 5.92 Å². The molecule has 0 unspecified atom stereocenters. The number of rotatable bonds is 8. The van der Waals surface area contributed by atoms with Gasteiger partial charge in [0.25, 0.3) is 5.91 Å². The van der Waals surface area contributed by atoms with Gasteiger partial charge in [-0.05, 0) is 80.8 Å². The average Bonchev–Trinajstić information content (AvgIpc) is 2.92. The summed E-state index contributed by atoms with van der Waals surface area (Å²) in [5, 5.41) is 16.1. The van der Waals surface area contributed by atoms with E-state index in [1.165, 1.54) is 4.90 Å². The molecule has 2 heterocycles. The Bertz CT molecular complexity index is 1170. The van der Waals surface area contributed by atoms with E-state index in [4.69, 9.17) is 0 Å². The van der Waals surface area contributed by atoms with Crippen LogP contribution >= 0.6 is 0 Å². The molecule has 9 heteroatoms. The van der Waals surface area contributed by atoms with Gasteiger partial charge in [-0.25, -0.2) is 0 Å². The Kier molecular flexibility index (Phi) is 8.04. The molecule has 0 radical (unpaired) electrons. The fourth-order valence-corrected chi connectivity index (χ4v) is 5.81. The van der Waals surface area contributed by atoms with Gasteiger partial charge in [-0.2, -0.15) is 0 Å². The average molecular weight is 520 g/mol. The number of aliphatic hydroxyl groups is 1. The maximum Gasteiger partial charge on any atom is 0.251 e. The van der Waals surface area contributed by atoms with Crippen LogP contribution in [-0.2, 0) is 9.59 Å². The zero-order valence-electron chi connectivity index (χ0n) is 21.9. The van der Waals surface area contributed by atoms with Crippen LogP contribution in [-0.4, -0.2) is 59.6 Å². The van der Waals surface area contributed by atoms with E-state index in [1.807, 2.05) is 24.0 Å². The summed E-state index contributed by atoms with van der Waals surface area (Å²) in [4.78, 5) is 47.3. The van der Waals surface area contributed by atoms with Crippen LogP contribution in [0.15, 0.2) is 42.7 Å². The topological polar surface area (TPSA) is 115 Å². The SMILES string of the molecule is C[C@H](NC(=O)c1ccc2c(c1)N(C(=O)CN[C@H]1CCCC[C@H]1CO)CC(=O)N2C1CCC1)c1ccncc1. The predicted molar refractivity (Wildman–Crippen MR) is 145 cm³/mol. The van der Waals surface area contributed by atoms with Gasteiger partial charge >= 0.3 is 0 Å². The Morgan fingerprint density at radius 3 is 2.53 bits per heavy atom. The van der Waals surface area contributed by atoms with Crippen LogP contribution < -0.4 is 20.4 Å². The van der Waals surface area contributed by atoms with Crippen LogP contribution in [0.4, 0.5) is 11.4 Å². The molecule has 3 aliphatic rings. The van der Waals surface area contributed by atoms with Crippen LogP contribution in [0.2, 0.25) is 0 Å². The lowest BCUT2D eigenvalue weighted by atomic mass is 9.85. The standard InChI is InChI=1S/C29H37N5O4/c1-19(20-11-13-30-14-12-20)32-29(38)21-9-10-25-26(15-21)33(17-28(37)34(25)23-6-4-7-23)27(36)16-31-24-8-3-2-5-22(24)18-35/h9-15,19,22-24,31,35H,2-8,16-18H2,1H3,(H,32,38)/t19-,22-,24-/m0/s1. The molecular formula is C29H37N5O4. The number of benzene rings is 1. The first-order valence-corrected chi connectivity index (χ1v) is 13.8. The number of pyridine rings is 1. The Hall–Kier alpha value is -3.30. The van der Waals surface area contributed by atoms with Gasteiger partial charge in [0.2, 0.25) is 11.8 Å². The molecule has 2 fully saturated rings. The van der Waals surface area contributed by atoms with Crippen molar-refractivity contribution in [3.8, 4) is 0 Å². The molecule has 202 valence electrons. The fraction of sp³-hybridized carbons (Fsp3) is 0.517. The maximum atomic E-state index is 13.5. The molecule has 3 N–H and O–H groups in total. The molecule has 0 saturated heterocycles. The third-order valence-corrected chi connectivity index (χ3v) is 8.30. The monoisotopic (exact) mass is 519 g/mol. The van der Waals surface area contributed by atoms with Crippen molar-refractivity contribution in [2.24, 2.45) is 5.92 Å². The quantitative estimate of drug-likeness (QED) is 0.494. The predicted octanol–water partition coefficient (Wildman–Crippen LogP) is 2.95. The third kappa shape index (κ3) is 5.44. The second kappa shape index (κ2) is 11.6. The van der Waals surface area contributed by atoms with Crippen molar-refractivity contribution >= 4 is 29.1 Å².